The topological polar surface area (TPSA) is 49.4 Å². The number of sulfonamides is 1. The van der Waals surface area contributed by atoms with Gasteiger partial charge in [0.25, 0.3) is 0 Å². The van der Waals surface area contributed by atoms with Crippen LogP contribution in [0.1, 0.15) is 12.8 Å². The molecule has 3 saturated heterocycles. The third-order valence-corrected chi connectivity index (χ3v) is 6.87. The van der Waals surface area contributed by atoms with E-state index in [9.17, 15) is 8.42 Å². The summed E-state index contributed by atoms with van der Waals surface area (Å²) in [6.07, 6.45) is 2.16. The zero-order valence-electron chi connectivity index (χ0n) is 10.9. The number of piperidine rings is 3. The van der Waals surface area contributed by atoms with Crippen LogP contribution < -0.4 is 4.72 Å². The average molecular weight is 380 g/mol. The van der Waals surface area contributed by atoms with Gasteiger partial charge in [0.2, 0.25) is 10.0 Å². The lowest BCUT2D eigenvalue weighted by Gasteiger charge is -2.44. The van der Waals surface area contributed by atoms with Gasteiger partial charge in [0.1, 0.15) is 0 Å². The van der Waals surface area contributed by atoms with Crippen molar-refractivity contribution in [1.82, 2.24) is 9.62 Å². The number of rotatable bonds is 3. The second-order valence-electron chi connectivity index (χ2n) is 5.44. The van der Waals surface area contributed by atoms with Crippen LogP contribution in [-0.4, -0.2) is 39.0 Å². The Morgan fingerprint density at radius 3 is 2.55 bits per heavy atom. The zero-order chi connectivity index (χ0) is 14.3. The van der Waals surface area contributed by atoms with Gasteiger partial charge in [0, 0.05) is 17.1 Å². The third kappa shape index (κ3) is 2.90. The first-order chi connectivity index (χ1) is 9.45. The molecule has 0 aromatic heterocycles. The second-order valence-corrected chi connectivity index (χ2v) is 8.42. The summed E-state index contributed by atoms with van der Waals surface area (Å²) in [7, 11) is -3.49. The Morgan fingerprint density at radius 2 is 2.00 bits per heavy atom. The molecule has 1 atom stereocenters. The van der Waals surface area contributed by atoms with Crippen LogP contribution in [0.25, 0.3) is 0 Å². The Labute approximate surface area is 132 Å². The minimum Gasteiger partial charge on any atom is -0.302 e. The Kier molecular flexibility index (Phi) is 4.12. The van der Waals surface area contributed by atoms with Crippen LogP contribution in [0.15, 0.2) is 27.6 Å². The van der Waals surface area contributed by atoms with Crippen molar-refractivity contribution in [2.45, 2.75) is 23.8 Å². The van der Waals surface area contributed by atoms with Crippen LogP contribution in [0.5, 0.6) is 0 Å². The van der Waals surface area contributed by atoms with Crippen molar-refractivity contribution in [2.24, 2.45) is 5.92 Å². The number of halogens is 2. The summed E-state index contributed by atoms with van der Waals surface area (Å²) in [5, 5.41) is 0.506. The van der Waals surface area contributed by atoms with Crippen molar-refractivity contribution < 1.29 is 8.42 Å². The molecule has 7 heteroatoms. The van der Waals surface area contributed by atoms with Gasteiger partial charge >= 0.3 is 0 Å². The molecular formula is C13H16BrClN2O2S. The van der Waals surface area contributed by atoms with E-state index in [1.54, 1.807) is 12.1 Å². The minimum atomic E-state index is -3.49. The molecule has 1 aromatic carbocycles. The standard InChI is InChI=1S/C13H16BrClN2O2S/c14-11-7-10(1-2-12(11)15)20(18,19)16-13-8-17-5-3-9(13)4-6-17/h1-2,7,9,13,16H,3-6,8H2. The molecule has 4 nitrogen and oxygen atoms in total. The highest BCUT2D eigenvalue weighted by molar-refractivity contribution is 9.10. The summed E-state index contributed by atoms with van der Waals surface area (Å²) in [6, 6.07) is 4.71. The highest BCUT2D eigenvalue weighted by Gasteiger charge is 2.36. The Morgan fingerprint density at radius 1 is 1.30 bits per heavy atom. The molecule has 1 aromatic rings. The van der Waals surface area contributed by atoms with Crippen LogP contribution in [-0.2, 0) is 10.0 Å². The number of fused-ring (bicyclic) bond motifs is 3. The summed E-state index contributed by atoms with van der Waals surface area (Å²) >= 11 is 9.17. The second kappa shape index (κ2) is 5.57. The van der Waals surface area contributed by atoms with Crippen LogP contribution in [0.4, 0.5) is 0 Å². The molecule has 0 spiro atoms. The summed E-state index contributed by atoms with van der Waals surface area (Å²) in [5.74, 6) is 0.463. The number of nitrogens with zero attached hydrogens (tertiary/aromatic N) is 1. The Balaban J connectivity index is 1.80. The van der Waals surface area contributed by atoms with E-state index in [2.05, 4.69) is 25.6 Å². The van der Waals surface area contributed by atoms with Gasteiger partial charge < -0.3 is 4.90 Å². The Bertz CT molecular complexity index is 615. The molecule has 1 unspecified atom stereocenters. The van der Waals surface area contributed by atoms with Gasteiger partial charge in [-0.05, 0) is 66.0 Å². The molecule has 1 N–H and O–H groups in total. The maximum Gasteiger partial charge on any atom is 0.240 e. The molecule has 3 heterocycles. The molecule has 0 amide bonds. The van der Waals surface area contributed by atoms with Crippen LogP contribution in [0.2, 0.25) is 5.02 Å². The van der Waals surface area contributed by atoms with Gasteiger partial charge in [-0.25, -0.2) is 13.1 Å². The van der Waals surface area contributed by atoms with Gasteiger partial charge in [-0.3, -0.25) is 0 Å². The van der Waals surface area contributed by atoms with E-state index in [4.69, 9.17) is 11.6 Å². The summed E-state index contributed by atoms with van der Waals surface area (Å²) in [6.45, 7) is 3.00. The van der Waals surface area contributed by atoms with E-state index in [-0.39, 0.29) is 10.9 Å². The van der Waals surface area contributed by atoms with Crippen molar-refractivity contribution in [3.8, 4) is 0 Å². The van der Waals surface area contributed by atoms with E-state index in [0.717, 1.165) is 32.5 Å². The first-order valence-corrected chi connectivity index (χ1v) is 9.31. The lowest BCUT2D eigenvalue weighted by molar-refractivity contribution is 0.0827. The van der Waals surface area contributed by atoms with E-state index in [1.807, 2.05) is 0 Å². The van der Waals surface area contributed by atoms with E-state index in [0.29, 0.717) is 15.4 Å². The molecule has 3 aliphatic heterocycles. The number of hydrogen-bond donors (Lipinski definition) is 1. The highest BCUT2D eigenvalue weighted by Crippen LogP contribution is 2.29. The monoisotopic (exact) mass is 378 g/mol. The van der Waals surface area contributed by atoms with Crippen molar-refractivity contribution in [1.29, 1.82) is 0 Å². The molecule has 20 heavy (non-hydrogen) atoms. The average Bonchev–Trinajstić information content (AvgIpc) is 2.42. The zero-order valence-corrected chi connectivity index (χ0v) is 14.0. The maximum atomic E-state index is 12.4. The van der Waals surface area contributed by atoms with Crippen molar-refractivity contribution in [3.63, 3.8) is 0 Å². The maximum absolute atomic E-state index is 12.4. The smallest absolute Gasteiger partial charge is 0.240 e. The minimum absolute atomic E-state index is 0.0250. The van der Waals surface area contributed by atoms with Crippen LogP contribution >= 0.6 is 27.5 Å². The number of hydrogen-bond acceptors (Lipinski definition) is 3. The summed E-state index contributed by atoms with van der Waals surface area (Å²) in [5.41, 5.74) is 0. The fourth-order valence-corrected chi connectivity index (χ4v) is 4.98. The van der Waals surface area contributed by atoms with E-state index in [1.165, 1.54) is 6.07 Å². The molecular weight excluding hydrogens is 364 g/mol. The van der Waals surface area contributed by atoms with Crippen molar-refractivity contribution in [2.75, 3.05) is 19.6 Å². The lowest BCUT2D eigenvalue weighted by atomic mass is 9.85. The van der Waals surface area contributed by atoms with Gasteiger partial charge in [0.05, 0.1) is 9.92 Å². The molecule has 110 valence electrons. The molecule has 2 bridgehead atoms. The normalized spacial score (nSPS) is 29.6. The predicted molar refractivity (Wildman–Crippen MR) is 82.4 cm³/mol. The largest absolute Gasteiger partial charge is 0.302 e. The van der Waals surface area contributed by atoms with Crippen molar-refractivity contribution in [3.05, 3.63) is 27.7 Å². The van der Waals surface area contributed by atoms with E-state index >= 15 is 0 Å². The van der Waals surface area contributed by atoms with Crippen LogP contribution in [0, 0.1) is 5.92 Å². The SMILES string of the molecule is O=S(=O)(NC1CN2CCC1CC2)c1ccc(Cl)c(Br)c1. The van der Waals surface area contributed by atoms with Gasteiger partial charge in [0.15, 0.2) is 0 Å². The third-order valence-electron chi connectivity index (χ3n) is 4.16. The number of nitrogens with one attached hydrogen (secondary N) is 1. The van der Waals surface area contributed by atoms with Gasteiger partial charge in [-0.1, -0.05) is 11.6 Å². The molecule has 0 radical (unpaired) electrons. The highest BCUT2D eigenvalue weighted by atomic mass is 79.9. The number of benzene rings is 1. The predicted octanol–water partition coefficient (Wildman–Crippen LogP) is 2.47. The Hall–Kier alpha value is -0.140. The molecule has 0 aliphatic carbocycles. The van der Waals surface area contributed by atoms with Crippen LogP contribution in [0.3, 0.4) is 0 Å². The molecule has 0 saturated carbocycles. The molecule has 3 aliphatic rings. The van der Waals surface area contributed by atoms with E-state index < -0.39 is 10.0 Å². The molecule has 3 fully saturated rings. The molecule has 4 rings (SSSR count). The summed E-state index contributed by atoms with van der Waals surface area (Å²) in [4.78, 5) is 2.58. The first kappa shape index (κ1) is 14.8. The first-order valence-electron chi connectivity index (χ1n) is 6.65. The van der Waals surface area contributed by atoms with Gasteiger partial charge in [-0.2, -0.15) is 0 Å². The fourth-order valence-electron chi connectivity index (χ4n) is 3.01. The lowest BCUT2D eigenvalue weighted by Crippen LogP contribution is -2.57. The quantitative estimate of drug-likeness (QED) is 0.878. The van der Waals surface area contributed by atoms with Crippen molar-refractivity contribution >= 4 is 37.6 Å². The van der Waals surface area contributed by atoms with Gasteiger partial charge in [-0.15, -0.1) is 0 Å². The fraction of sp³-hybridized carbons (Fsp3) is 0.538. The summed E-state index contributed by atoms with van der Waals surface area (Å²) < 4.78 is 28.3.